The molecule has 4 bridgehead atoms. The first-order valence-electron chi connectivity index (χ1n) is 8.10. The van der Waals surface area contributed by atoms with Gasteiger partial charge in [0.15, 0.2) is 0 Å². The summed E-state index contributed by atoms with van der Waals surface area (Å²) in [6.45, 7) is 6.74. The van der Waals surface area contributed by atoms with Crippen molar-refractivity contribution in [1.29, 1.82) is 0 Å². The van der Waals surface area contributed by atoms with Crippen LogP contribution in [0.2, 0.25) is 0 Å². The lowest BCUT2D eigenvalue weighted by molar-refractivity contribution is -0.165. The quantitative estimate of drug-likeness (QED) is 0.712. The molecule has 0 aromatic heterocycles. The van der Waals surface area contributed by atoms with Crippen LogP contribution in [0.5, 0.6) is 0 Å². The normalized spacial score (nSPS) is 40.5. The van der Waals surface area contributed by atoms with Crippen molar-refractivity contribution < 1.29 is 9.53 Å². The van der Waals surface area contributed by atoms with Crippen molar-refractivity contribution in [2.45, 2.75) is 65.7 Å². The Bertz CT molecular complexity index is 334. The predicted molar refractivity (Wildman–Crippen MR) is 75.6 cm³/mol. The van der Waals surface area contributed by atoms with Crippen LogP contribution in [0.1, 0.15) is 65.7 Å². The molecule has 0 aromatic rings. The molecule has 2 heteroatoms. The molecule has 4 rings (SSSR count). The van der Waals surface area contributed by atoms with E-state index in [9.17, 15) is 4.79 Å². The van der Waals surface area contributed by atoms with Gasteiger partial charge in [0.25, 0.3) is 0 Å². The minimum Gasteiger partial charge on any atom is -0.465 e. The Morgan fingerprint density at radius 1 is 1.11 bits per heavy atom. The minimum absolute atomic E-state index is 0.00532. The van der Waals surface area contributed by atoms with Crippen LogP contribution in [0.4, 0.5) is 0 Å². The van der Waals surface area contributed by atoms with E-state index in [0.717, 1.165) is 24.2 Å². The molecule has 0 atom stereocenters. The topological polar surface area (TPSA) is 26.3 Å². The highest BCUT2D eigenvalue weighted by Gasteiger charge is 2.51. The minimum atomic E-state index is -0.317. The van der Waals surface area contributed by atoms with Gasteiger partial charge in [-0.1, -0.05) is 6.92 Å². The summed E-state index contributed by atoms with van der Waals surface area (Å²) in [4.78, 5) is 12.2. The van der Waals surface area contributed by atoms with Crippen LogP contribution in [0, 0.1) is 28.6 Å². The Hall–Kier alpha value is -0.530. The van der Waals surface area contributed by atoms with Gasteiger partial charge in [-0.3, -0.25) is 4.79 Å². The number of esters is 1. The summed E-state index contributed by atoms with van der Waals surface area (Å²) in [5.41, 5.74) is 0.0382. The highest BCUT2D eigenvalue weighted by atomic mass is 16.5. The summed E-state index contributed by atoms with van der Waals surface area (Å²) in [5, 5.41) is 0. The lowest BCUT2D eigenvalue weighted by atomic mass is 9.50. The van der Waals surface area contributed by atoms with E-state index in [4.69, 9.17) is 4.74 Å². The molecule has 0 aliphatic heterocycles. The van der Waals surface area contributed by atoms with Crippen LogP contribution in [0.25, 0.3) is 0 Å². The molecule has 0 unspecified atom stereocenters. The molecule has 0 radical (unpaired) electrons. The van der Waals surface area contributed by atoms with Crippen molar-refractivity contribution in [3.8, 4) is 0 Å². The molecule has 108 valence electrons. The second-order valence-electron chi connectivity index (χ2n) is 8.23. The van der Waals surface area contributed by atoms with Gasteiger partial charge in [-0.15, -0.1) is 0 Å². The van der Waals surface area contributed by atoms with Crippen LogP contribution in [0.15, 0.2) is 0 Å². The van der Waals surface area contributed by atoms with E-state index in [1.807, 2.05) is 13.8 Å². The van der Waals surface area contributed by atoms with Crippen molar-refractivity contribution in [1.82, 2.24) is 0 Å². The van der Waals surface area contributed by atoms with Crippen LogP contribution >= 0.6 is 0 Å². The molecule has 4 saturated carbocycles. The van der Waals surface area contributed by atoms with Crippen molar-refractivity contribution in [3.05, 3.63) is 0 Å². The average molecular weight is 264 g/mol. The fraction of sp³-hybridized carbons (Fsp3) is 0.941. The summed E-state index contributed by atoms with van der Waals surface area (Å²) >= 11 is 0. The summed E-state index contributed by atoms with van der Waals surface area (Å²) < 4.78 is 5.74. The predicted octanol–water partition coefficient (Wildman–Crippen LogP) is 4.18. The van der Waals surface area contributed by atoms with E-state index < -0.39 is 0 Å². The lowest BCUT2D eigenvalue weighted by Gasteiger charge is -2.56. The number of rotatable bonds is 4. The Labute approximate surface area is 117 Å². The van der Waals surface area contributed by atoms with E-state index in [0.29, 0.717) is 12.0 Å². The number of ether oxygens (including phenoxy) is 1. The van der Waals surface area contributed by atoms with Crippen LogP contribution in [0.3, 0.4) is 0 Å². The maximum Gasteiger partial charge on any atom is 0.311 e. The third kappa shape index (κ3) is 2.43. The van der Waals surface area contributed by atoms with Crippen molar-refractivity contribution in [2.75, 3.05) is 6.61 Å². The molecule has 4 aliphatic carbocycles. The largest absolute Gasteiger partial charge is 0.465 e. The second-order valence-corrected chi connectivity index (χ2v) is 8.23. The van der Waals surface area contributed by atoms with Crippen LogP contribution < -0.4 is 0 Å². The summed E-state index contributed by atoms with van der Waals surface area (Å²) in [5.74, 6) is 2.81. The molecule has 19 heavy (non-hydrogen) atoms. The van der Waals surface area contributed by atoms with Gasteiger partial charge in [-0.2, -0.15) is 0 Å². The Morgan fingerprint density at radius 3 is 2.00 bits per heavy atom. The maximum atomic E-state index is 12.2. The Morgan fingerprint density at radius 2 is 1.58 bits per heavy atom. The van der Waals surface area contributed by atoms with E-state index in [-0.39, 0.29) is 11.4 Å². The molecule has 4 aliphatic rings. The van der Waals surface area contributed by atoms with Crippen molar-refractivity contribution >= 4 is 5.97 Å². The van der Waals surface area contributed by atoms with Gasteiger partial charge < -0.3 is 4.74 Å². The molecule has 0 N–H and O–H groups in total. The standard InChI is InChI=1S/C17H28O2/c1-4-16(2,3)15(18)19-11-17-8-12-5-13(9-17)7-14(6-12)10-17/h12-14H,4-11H2,1-3H3. The molecule has 4 fully saturated rings. The highest BCUT2D eigenvalue weighted by Crippen LogP contribution is 2.60. The first-order valence-corrected chi connectivity index (χ1v) is 8.10. The van der Waals surface area contributed by atoms with Crippen molar-refractivity contribution in [3.63, 3.8) is 0 Å². The van der Waals surface area contributed by atoms with Gasteiger partial charge in [-0.25, -0.2) is 0 Å². The van der Waals surface area contributed by atoms with Crippen LogP contribution in [-0.2, 0) is 9.53 Å². The van der Waals surface area contributed by atoms with Gasteiger partial charge in [0.1, 0.15) is 0 Å². The van der Waals surface area contributed by atoms with Crippen molar-refractivity contribution in [2.24, 2.45) is 28.6 Å². The van der Waals surface area contributed by atoms with E-state index in [2.05, 4.69) is 6.92 Å². The second kappa shape index (κ2) is 4.49. The molecule has 0 aromatic carbocycles. The van der Waals surface area contributed by atoms with Gasteiger partial charge in [0.05, 0.1) is 12.0 Å². The molecular weight excluding hydrogens is 236 g/mol. The zero-order chi connectivity index (χ0) is 13.7. The summed E-state index contributed by atoms with van der Waals surface area (Å²) in [6.07, 6.45) is 9.16. The van der Waals surface area contributed by atoms with E-state index in [1.54, 1.807) is 0 Å². The first kappa shape index (κ1) is 13.5. The number of carbonyl (C=O) groups excluding carboxylic acids is 1. The third-order valence-electron chi connectivity index (χ3n) is 6.11. The summed E-state index contributed by atoms with van der Waals surface area (Å²) in [6, 6.07) is 0. The SMILES string of the molecule is CCC(C)(C)C(=O)OCC12CC3CC(CC(C3)C1)C2. The highest BCUT2D eigenvalue weighted by molar-refractivity contribution is 5.75. The zero-order valence-corrected chi connectivity index (χ0v) is 12.7. The molecule has 0 saturated heterocycles. The number of hydrogen-bond donors (Lipinski definition) is 0. The average Bonchev–Trinajstić information content (AvgIpc) is 2.34. The smallest absolute Gasteiger partial charge is 0.311 e. The fourth-order valence-corrected chi connectivity index (χ4v) is 5.03. The molecule has 0 amide bonds. The fourth-order valence-electron chi connectivity index (χ4n) is 5.03. The monoisotopic (exact) mass is 264 g/mol. The number of hydrogen-bond acceptors (Lipinski definition) is 2. The third-order valence-corrected chi connectivity index (χ3v) is 6.11. The van der Waals surface area contributed by atoms with Gasteiger partial charge in [0, 0.05) is 5.41 Å². The first-order chi connectivity index (χ1) is 8.92. The van der Waals surface area contributed by atoms with Gasteiger partial charge in [-0.05, 0) is 76.5 Å². The van der Waals surface area contributed by atoms with Gasteiger partial charge in [0.2, 0.25) is 0 Å². The van der Waals surface area contributed by atoms with Crippen LogP contribution in [-0.4, -0.2) is 12.6 Å². The molecule has 2 nitrogen and oxygen atoms in total. The Kier molecular flexibility index (Phi) is 3.18. The maximum absolute atomic E-state index is 12.2. The summed E-state index contributed by atoms with van der Waals surface area (Å²) in [7, 11) is 0. The van der Waals surface area contributed by atoms with Gasteiger partial charge >= 0.3 is 5.97 Å². The Balaban J connectivity index is 1.62. The van der Waals surface area contributed by atoms with E-state index >= 15 is 0 Å². The van der Waals surface area contributed by atoms with E-state index in [1.165, 1.54) is 38.5 Å². The lowest BCUT2D eigenvalue weighted by Crippen LogP contribution is -2.48. The molecule has 0 spiro atoms. The molecular formula is C17H28O2. The number of carbonyl (C=O) groups is 1. The molecule has 0 heterocycles. The zero-order valence-electron chi connectivity index (χ0n) is 12.7.